The molecule has 2 heterocycles. The molecule has 2 N–H and O–H groups in total. The predicted octanol–water partition coefficient (Wildman–Crippen LogP) is 4.18. The SMILES string of the molecule is Cc1cc(C(=O)NC(=O)CC(=O)O)cc(C)c1OC(=O)c1c2ccccc2[n+](C)c2cc(CN3C(=O)c4ccccc4C3=O)ccc12. The number of carbonyl (C=O) groups is 6. The lowest BCUT2D eigenvalue weighted by atomic mass is 10.00. The number of para-hydroxylation sites is 1. The van der Waals surface area contributed by atoms with Crippen LogP contribution < -0.4 is 14.6 Å². The molecule has 0 fully saturated rings. The molecule has 11 heteroatoms. The molecule has 0 saturated heterocycles. The number of esters is 1. The molecule has 1 aliphatic heterocycles. The van der Waals surface area contributed by atoms with E-state index in [1.807, 2.05) is 47.3 Å². The lowest BCUT2D eigenvalue weighted by Crippen LogP contribution is -2.32. The van der Waals surface area contributed by atoms with Crippen molar-refractivity contribution in [2.24, 2.45) is 7.05 Å². The largest absolute Gasteiger partial charge is 0.481 e. The first-order valence-electron chi connectivity index (χ1n) is 14.6. The van der Waals surface area contributed by atoms with Crippen LogP contribution >= 0.6 is 0 Å². The van der Waals surface area contributed by atoms with Gasteiger partial charge in [0, 0.05) is 17.7 Å². The number of nitrogens with one attached hydrogen (secondary N) is 1. The molecule has 0 radical (unpaired) electrons. The maximum atomic E-state index is 14.0. The number of rotatable bonds is 7. The number of carboxylic acid groups (broad SMARTS) is 1. The van der Waals surface area contributed by atoms with E-state index in [4.69, 9.17) is 9.84 Å². The number of hydrogen-bond donors (Lipinski definition) is 2. The average molecular weight is 631 g/mol. The van der Waals surface area contributed by atoms with Gasteiger partial charge in [0.1, 0.15) is 19.2 Å². The van der Waals surface area contributed by atoms with Crippen molar-refractivity contribution in [3.8, 4) is 5.75 Å². The number of benzene rings is 4. The monoisotopic (exact) mass is 630 g/mol. The fourth-order valence-corrected chi connectivity index (χ4v) is 5.97. The Balaban J connectivity index is 1.34. The first kappa shape index (κ1) is 30.8. The minimum atomic E-state index is -1.36. The molecule has 234 valence electrons. The summed E-state index contributed by atoms with van der Waals surface area (Å²) < 4.78 is 7.90. The fraction of sp³-hybridized carbons (Fsp3) is 0.139. The second-order valence-corrected chi connectivity index (χ2v) is 11.3. The third-order valence-corrected chi connectivity index (χ3v) is 8.13. The Morgan fingerprint density at radius 1 is 0.809 bits per heavy atom. The van der Waals surface area contributed by atoms with Crippen molar-refractivity contribution in [3.05, 3.63) is 118 Å². The number of amides is 4. The van der Waals surface area contributed by atoms with E-state index in [0.29, 0.717) is 49.7 Å². The normalized spacial score (nSPS) is 12.4. The Kier molecular flexibility index (Phi) is 7.82. The zero-order valence-corrected chi connectivity index (χ0v) is 25.6. The number of fused-ring (bicyclic) bond motifs is 3. The van der Waals surface area contributed by atoms with E-state index in [9.17, 15) is 28.8 Å². The number of pyridine rings is 1. The molecule has 4 aromatic carbocycles. The molecule has 0 atom stereocenters. The van der Waals surface area contributed by atoms with Gasteiger partial charge in [-0.1, -0.05) is 30.3 Å². The number of aryl methyl sites for hydroxylation is 3. The van der Waals surface area contributed by atoms with Gasteiger partial charge in [0.25, 0.3) is 17.7 Å². The van der Waals surface area contributed by atoms with Crippen LogP contribution in [-0.2, 0) is 23.2 Å². The van der Waals surface area contributed by atoms with Gasteiger partial charge in [-0.2, -0.15) is 4.57 Å². The van der Waals surface area contributed by atoms with Gasteiger partial charge in [-0.25, -0.2) is 4.79 Å². The van der Waals surface area contributed by atoms with Crippen molar-refractivity contribution in [1.29, 1.82) is 0 Å². The quantitative estimate of drug-likeness (QED) is 0.0679. The summed E-state index contributed by atoms with van der Waals surface area (Å²) in [6.07, 6.45) is -0.847. The summed E-state index contributed by atoms with van der Waals surface area (Å²) in [4.78, 5) is 76.4. The lowest BCUT2D eigenvalue weighted by molar-refractivity contribution is -0.617. The van der Waals surface area contributed by atoms with Gasteiger partial charge >= 0.3 is 11.9 Å². The van der Waals surface area contributed by atoms with E-state index in [0.717, 1.165) is 5.52 Å². The van der Waals surface area contributed by atoms with Crippen molar-refractivity contribution in [2.75, 3.05) is 0 Å². The lowest BCUT2D eigenvalue weighted by Gasteiger charge is -2.16. The smallest absolute Gasteiger partial charge is 0.345 e. The molecule has 5 aromatic rings. The van der Waals surface area contributed by atoms with Gasteiger partial charge in [-0.15, -0.1) is 0 Å². The topological polar surface area (TPSA) is 151 Å². The van der Waals surface area contributed by atoms with Crippen molar-refractivity contribution in [2.45, 2.75) is 26.8 Å². The first-order valence-corrected chi connectivity index (χ1v) is 14.6. The Labute approximate surface area is 268 Å². The van der Waals surface area contributed by atoms with Gasteiger partial charge in [0.15, 0.2) is 0 Å². The highest BCUT2D eigenvalue weighted by Crippen LogP contribution is 2.31. The van der Waals surface area contributed by atoms with Crippen molar-refractivity contribution < 1.29 is 43.2 Å². The first-order chi connectivity index (χ1) is 22.4. The molecule has 47 heavy (non-hydrogen) atoms. The third-order valence-electron chi connectivity index (χ3n) is 8.13. The van der Waals surface area contributed by atoms with E-state index in [-0.39, 0.29) is 29.7 Å². The number of hydrogen-bond acceptors (Lipinski definition) is 7. The molecule has 4 amide bonds. The molecule has 11 nitrogen and oxygen atoms in total. The number of ether oxygens (including phenoxy) is 1. The van der Waals surface area contributed by atoms with Crippen LogP contribution in [0, 0.1) is 13.8 Å². The maximum Gasteiger partial charge on any atom is 0.345 e. The number of carbonyl (C=O) groups excluding carboxylic acids is 5. The molecule has 0 aliphatic carbocycles. The predicted molar refractivity (Wildman–Crippen MR) is 169 cm³/mol. The molecule has 0 spiro atoms. The summed E-state index contributed by atoms with van der Waals surface area (Å²) in [6.45, 7) is 3.35. The van der Waals surface area contributed by atoms with Crippen LogP contribution in [0.4, 0.5) is 0 Å². The number of aromatic nitrogens is 1. The fourth-order valence-electron chi connectivity index (χ4n) is 5.97. The molecule has 6 rings (SSSR count). The minimum absolute atomic E-state index is 0.0507. The number of nitrogens with zero attached hydrogens (tertiary/aromatic N) is 2. The van der Waals surface area contributed by atoms with E-state index < -0.39 is 30.2 Å². The van der Waals surface area contributed by atoms with Crippen LogP contribution in [0.5, 0.6) is 5.75 Å². The zero-order chi connectivity index (χ0) is 33.6. The second-order valence-electron chi connectivity index (χ2n) is 11.3. The summed E-state index contributed by atoms with van der Waals surface area (Å²) in [6, 6.07) is 22.4. The number of carboxylic acids is 1. The average Bonchev–Trinajstić information content (AvgIpc) is 3.27. The summed E-state index contributed by atoms with van der Waals surface area (Å²) in [5.41, 5.74) is 4.16. The third kappa shape index (κ3) is 5.59. The Hall–Kier alpha value is -6.23. The highest BCUT2D eigenvalue weighted by atomic mass is 16.5. The van der Waals surface area contributed by atoms with Crippen molar-refractivity contribution in [3.63, 3.8) is 0 Å². The Morgan fingerprint density at radius 2 is 1.40 bits per heavy atom. The number of aliphatic carboxylic acids is 1. The van der Waals surface area contributed by atoms with Gasteiger partial charge in [-0.3, -0.25) is 34.2 Å². The summed E-state index contributed by atoms with van der Waals surface area (Å²) in [5, 5.41) is 12.1. The van der Waals surface area contributed by atoms with Crippen LogP contribution in [0.1, 0.15) is 64.5 Å². The second kappa shape index (κ2) is 11.9. The van der Waals surface area contributed by atoms with Gasteiger partial charge in [0.2, 0.25) is 16.9 Å². The van der Waals surface area contributed by atoms with Gasteiger partial charge in [-0.05, 0) is 66.9 Å². The summed E-state index contributed by atoms with van der Waals surface area (Å²) in [7, 11) is 1.87. The standard InChI is InChI=1S/C36H27N3O8/c1-19-14-22(33(43)37-29(40)17-30(41)42)15-20(2)32(19)47-36(46)31-25-10-6-7-11-27(25)38(3)28-16-21(12-13-26(28)31)18-39-34(44)23-8-4-5-9-24(23)35(39)45/h4-16H,17-18H2,1-3H3,(H-,37,40,41,42,43)/p+1. The van der Waals surface area contributed by atoms with Crippen LogP contribution in [0.15, 0.2) is 78.9 Å². The van der Waals surface area contributed by atoms with Crippen molar-refractivity contribution >= 4 is 57.4 Å². The van der Waals surface area contributed by atoms with Crippen LogP contribution in [0.25, 0.3) is 21.8 Å². The molecule has 0 saturated carbocycles. The van der Waals surface area contributed by atoms with E-state index in [2.05, 4.69) is 0 Å². The van der Waals surface area contributed by atoms with Crippen LogP contribution in [0.2, 0.25) is 0 Å². The Morgan fingerprint density at radius 3 is 2.04 bits per heavy atom. The molecular weight excluding hydrogens is 602 g/mol. The molecule has 1 aromatic heterocycles. The minimum Gasteiger partial charge on any atom is -0.481 e. The van der Waals surface area contributed by atoms with Crippen LogP contribution in [0.3, 0.4) is 0 Å². The summed E-state index contributed by atoms with van der Waals surface area (Å²) in [5.74, 6) is -4.21. The van der Waals surface area contributed by atoms with Gasteiger partial charge in [0.05, 0.1) is 34.0 Å². The van der Waals surface area contributed by atoms with Crippen LogP contribution in [-0.4, -0.2) is 45.6 Å². The van der Waals surface area contributed by atoms with E-state index in [1.165, 1.54) is 17.0 Å². The zero-order valence-electron chi connectivity index (χ0n) is 25.6. The molecule has 0 unspecified atom stereocenters. The highest BCUT2D eigenvalue weighted by Gasteiger charge is 2.35. The molecule has 1 aliphatic rings. The highest BCUT2D eigenvalue weighted by molar-refractivity contribution is 6.21. The number of imide groups is 2. The maximum absolute atomic E-state index is 14.0. The van der Waals surface area contributed by atoms with E-state index >= 15 is 0 Å². The Bertz CT molecular complexity index is 2160. The molecule has 0 bridgehead atoms. The van der Waals surface area contributed by atoms with Crippen molar-refractivity contribution in [1.82, 2.24) is 10.2 Å². The molecular formula is C36H28N3O8+. The van der Waals surface area contributed by atoms with Gasteiger partial charge < -0.3 is 9.84 Å². The summed E-state index contributed by atoms with van der Waals surface area (Å²) >= 11 is 0. The van der Waals surface area contributed by atoms with E-state index in [1.54, 1.807) is 50.2 Å².